The summed E-state index contributed by atoms with van der Waals surface area (Å²) >= 11 is 0. The average molecular weight is 341 g/mol. The van der Waals surface area contributed by atoms with Crippen molar-refractivity contribution in [3.8, 4) is 5.75 Å². The van der Waals surface area contributed by atoms with Crippen molar-refractivity contribution < 1.29 is 14.3 Å². The van der Waals surface area contributed by atoms with E-state index >= 15 is 0 Å². The largest absolute Gasteiger partial charge is 0.497 e. The molecule has 2 aromatic rings. The molecule has 1 aliphatic heterocycles. The zero-order chi connectivity index (χ0) is 18.0. The van der Waals surface area contributed by atoms with Crippen LogP contribution < -0.4 is 4.74 Å². The van der Waals surface area contributed by atoms with Crippen LogP contribution in [0.1, 0.15) is 29.0 Å². The summed E-state index contributed by atoms with van der Waals surface area (Å²) in [6, 6.07) is 11.2. The molecule has 1 fully saturated rings. The second-order valence-corrected chi connectivity index (χ2v) is 6.26. The average Bonchev–Trinajstić information content (AvgIpc) is 3.06. The molecule has 0 unspecified atom stereocenters. The van der Waals surface area contributed by atoms with Gasteiger partial charge in [0.1, 0.15) is 11.4 Å². The van der Waals surface area contributed by atoms with Crippen LogP contribution in [-0.2, 0) is 11.8 Å². The van der Waals surface area contributed by atoms with Gasteiger partial charge in [-0.25, -0.2) is 0 Å². The van der Waals surface area contributed by atoms with Gasteiger partial charge in [0.15, 0.2) is 0 Å². The van der Waals surface area contributed by atoms with Crippen LogP contribution in [0.5, 0.6) is 5.75 Å². The molecular weight excluding hydrogens is 318 g/mol. The minimum atomic E-state index is -0.152. The van der Waals surface area contributed by atoms with Crippen LogP contribution in [0.25, 0.3) is 0 Å². The molecule has 0 aliphatic carbocycles. The van der Waals surface area contributed by atoms with Crippen molar-refractivity contribution in [1.82, 2.24) is 14.4 Å². The zero-order valence-corrected chi connectivity index (χ0v) is 14.8. The van der Waals surface area contributed by atoms with Gasteiger partial charge in [-0.15, -0.1) is 0 Å². The first-order valence-electron chi connectivity index (χ1n) is 8.33. The van der Waals surface area contributed by atoms with Gasteiger partial charge in [0.2, 0.25) is 5.91 Å². The standard InChI is InChI=1S/C19H23N3O3/c1-14(23)22-12-11-21(19(24)17-5-4-10-20(17)2)13-18(22)15-6-8-16(25-3)9-7-15/h4-10,18H,11-13H2,1-3H3/t18-/m0/s1. The minimum Gasteiger partial charge on any atom is -0.497 e. The first kappa shape index (κ1) is 17.1. The highest BCUT2D eigenvalue weighted by atomic mass is 16.5. The Balaban J connectivity index is 1.85. The highest BCUT2D eigenvalue weighted by Crippen LogP contribution is 2.28. The molecule has 0 N–H and O–H groups in total. The van der Waals surface area contributed by atoms with Crippen molar-refractivity contribution >= 4 is 11.8 Å². The molecule has 0 radical (unpaired) electrons. The summed E-state index contributed by atoms with van der Waals surface area (Å²) in [7, 11) is 3.48. The molecule has 2 amide bonds. The van der Waals surface area contributed by atoms with Crippen LogP contribution in [0.15, 0.2) is 42.6 Å². The van der Waals surface area contributed by atoms with Gasteiger partial charge in [0, 0.05) is 39.8 Å². The van der Waals surface area contributed by atoms with E-state index in [9.17, 15) is 9.59 Å². The third kappa shape index (κ3) is 3.38. The Morgan fingerprint density at radius 3 is 2.40 bits per heavy atom. The third-order valence-corrected chi connectivity index (χ3v) is 4.74. The summed E-state index contributed by atoms with van der Waals surface area (Å²) in [6.45, 7) is 3.12. The number of carbonyl (C=O) groups is 2. The zero-order valence-electron chi connectivity index (χ0n) is 14.8. The van der Waals surface area contributed by atoms with Crippen LogP contribution in [-0.4, -0.2) is 52.9 Å². The fourth-order valence-electron chi connectivity index (χ4n) is 3.30. The van der Waals surface area contributed by atoms with E-state index < -0.39 is 0 Å². The van der Waals surface area contributed by atoms with Gasteiger partial charge in [-0.1, -0.05) is 12.1 Å². The van der Waals surface area contributed by atoms with Crippen molar-refractivity contribution in [3.63, 3.8) is 0 Å². The predicted octanol–water partition coefficient (Wildman–Crippen LogP) is 2.08. The first-order valence-corrected chi connectivity index (χ1v) is 8.33. The van der Waals surface area contributed by atoms with E-state index in [0.717, 1.165) is 11.3 Å². The maximum atomic E-state index is 12.8. The van der Waals surface area contributed by atoms with E-state index in [0.29, 0.717) is 25.3 Å². The summed E-state index contributed by atoms with van der Waals surface area (Å²) in [5, 5.41) is 0. The SMILES string of the molecule is COc1ccc([C@@H]2CN(C(=O)c3cccn3C)CCN2C(C)=O)cc1. The van der Waals surface area contributed by atoms with Crippen molar-refractivity contribution in [3.05, 3.63) is 53.9 Å². The van der Waals surface area contributed by atoms with Gasteiger partial charge >= 0.3 is 0 Å². The number of benzene rings is 1. The summed E-state index contributed by atoms with van der Waals surface area (Å²) < 4.78 is 7.03. The van der Waals surface area contributed by atoms with E-state index in [4.69, 9.17) is 4.74 Å². The van der Waals surface area contributed by atoms with Gasteiger partial charge in [0.25, 0.3) is 5.91 Å². The van der Waals surface area contributed by atoms with Crippen LogP contribution >= 0.6 is 0 Å². The van der Waals surface area contributed by atoms with Gasteiger partial charge in [-0.05, 0) is 29.8 Å². The number of hydrogen-bond acceptors (Lipinski definition) is 3. The topological polar surface area (TPSA) is 54.8 Å². The van der Waals surface area contributed by atoms with E-state index in [2.05, 4.69) is 0 Å². The first-order chi connectivity index (χ1) is 12.0. The molecule has 0 bridgehead atoms. The second kappa shape index (κ2) is 7.01. The minimum absolute atomic E-state index is 0.00536. The number of carbonyl (C=O) groups excluding carboxylic acids is 2. The molecule has 0 saturated carbocycles. The lowest BCUT2D eigenvalue weighted by Gasteiger charge is -2.41. The number of ether oxygens (including phenoxy) is 1. The normalized spacial score (nSPS) is 17.5. The summed E-state index contributed by atoms with van der Waals surface area (Å²) in [5.41, 5.74) is 1.66. The maximum Gasteiger partial charge on any atom is 0.270 e. The van der Waals surface area contributed by atoms with E-state index in [1.807, 2.05) is 64.0 Å². The molecule has 25 heavy (non-hydrogen) atoms. The van der Waals surface area contributed by atoms with Crippen LogP contribution in [0.3, 0.4) is 0 Å². The quantitative estimate of drug-likeness (QED) is 0.859. The fraction of sp³-hybridized carbons (Fsp3) is 0.368. The van der Waals surface area contributed by atoms with Gasteiger partial charge in [-0.2, -0.15) is 0 Å². The maximum absolute atomic E-state index is 12.8. The highest BCUT2D eigenvalue weighted by molar-refractivity contribution is 5.93. The number of piperazine rings is 1. The monoisotopic (exact) mass is 341 g/mol. The van der Waals surface area contributed by atoms with Crippen molar-refractivity contribution in [2.45, 2.75) is 13.0 Å². The number of amides is 2. The Kier molecular flexibility index (Phi) is 4.79. The van der Waals surface area contributed by atoms with Gasteiger partial charge in [0.05, 0.1) is 13.2 Å². The Bertz CT molecular complexity index is 766. The lowest BCUT2D eigenvalue weighted by atomic mass is 10.0. The van der Waals surface area contributed by atoms with Crippen molar-refractivity contribution in [1.29, 1.82) is 0 Å². The summed E-state index contributed by atoms with van der Waals surface area (Å²) in [5.74, 6) is 0.784. The molecule has 0 spiro atoms. The number of methoxy groups -OCH3 is 1. The molecule has 1 aromatic heterocycles. The van der Waals surface area contributed by atoms with Crippen molar-refractivity contribution in [2.24, 2.45) is 7.05 Å². The highest BCUT2D eigenvalue weighted by Gasteiger charge is 2.33. The molecule has 1 aliphatic rings. The molecule has 1 atom stereocenters. The number of nitrogens with zero attached hydrogens (tertiary/aromatic N) is 3. The van der Waals surface area contributed by atoms with Gasteiger partial charge < -0.3 is 19.1 Å². The molecule has 6 heteroatoms. The third-order valence-electron chi connectivity index (χ3n) is 4.74. The van der Waals surface area contributed by atoms with Crippen LogP contribution in [0, 0.1) is 0 Å². The molecule has 6 nitrogen and oxygen atoms in total. The lowest BCUT2D eigenvalue weighted by molar-refractivity contribution is -0.133. The smallest absolute Gasteiger partial charge is 0.270 e. The molecule has 1 saturated heterocycles. The van der Waals surface area contributed by atoms with E-state index in [1.54, 1.807) is 14.0 Å². The number of aryl methyl sites for hydroxylation is 1. The Labute approximate surface area is 147 Å². The summed E-state index contributed by atoms with van der Waals surface area (Å²) in [6.07, 6.45) is 1.86. The number of rotatable bonds is 3. The summed E-state index contributed by atoms with van der Waals surface area (Å²) in [4.78, 5) is 28.5. The number of hydrogen-bond donors (Lipinski definition) is 0. The number of aromatic nitrogens is 1. The van der Waals surface area contributed by atoms with Crippen LogP contribution in [0.2, 0.25) is 0 Å². The fourth-order valence-corrected chi connectivity index (χ4v) is 3.30. The lowest BCUT2D eigenvalue weighted by Crippen LogP contribution is -2.52. The Hall–Kier alpha value is -2.76. The second-order valence-electron chi connectivity index (χ2n) is 6.26. The van der Waals surface area contributed by atoms with Crippen LogP contribution in [0.4, 0.5) is 0 Å². The Morgan fingerprint density at radius 2 is 1.84 bits per heavy atom. The van der Waals surface area contributed by atoms with Gasteiger partial charge in [-0.3, -0.25) is 9.59 Å². The molecule has 1 aromatic carbocycles. The molecule has 3 rings (SSSR count). The molecular formula is C19H23N3O3. The van der Waals surface area contributed by atoms with Crippen molar-refractivity contribution in [2.75, 3.05) is 26.7 Å². The molecule has 2 heterocycles. The molecule has 132 valence electrons. The predicted molar refractivity (Wildman–Crippen MR) is 94.4 cm³/mol. The van der Waals surface area contributed by atoms with E-state index in [-0.39, 0.29) is 17.9 Å². The Morgan fingerprint density at radius 1 is 1.12 bits per heavy atom. The van der Waals surface area contributed by atoms with E-state index in [1.165, 1.54) is 0 Å².